The van der Waals surface area contributed by atoms with Crippen LogP contribution in [-0.2, 0) is 4.74 Å². The van der Waals surface area contributed by atoms with E-state index in [0.29, 0.717) is 26.2 Å². The van der Waals surface area contributed by atoms with Crippen LogP contribution in [0.5, 0.6) is 0 Å². The molecule has 5 heteroatoms. The molecule has 0 spiro atoms. The van der Waals surface area contributed by atoms with Crippen LogP contribution in [0.2, 0.25) is 0 Å². The Kier molecular flexibility index (Phi) is 4.38. The van der Waals surface area contributed by atoms with Gasteiger partial charge in [-0.2, -0.15) is 0 Å². The summed E-state index contributed by atoms with van der Waals surface area (Å²) in [5.74, 6) is 0.858. The highest BCUT2D eigenvalue weighted by Crippen LogP contribution is 2.20. The lowest BCUT2D eigenvalue weighted by Crippen LogP contribution is -2.37. The zero-order chi connectivity index (χ0) is 12.8. The van der Waals surface area contributed by atoms with Crippen molar-refractivity contribution >= 4 is 11.5 Å². The highest BCUT2D eigenvalue weighted by atomic mass is 16.5. The molecule has 5 nitrogen and oxygen atoms in total. The van der Waals surface area contributed by atoms with Crippen LogP contribution in [0.25, 0.3) is 0 Å². The molecule has 2 heterocycles. The highest BCUT2D eigenvalue weighted by Gasteiger charge is 2.31. The van der Waals surface area contributed by atoms with E-state index in [4.69, 9.17) is 4.74 Å². The molecule has 1 aliphatic rings. The molecule has 1 aliphatic heterocycles. The molecule has 0 radical (unpaired) electrons. The van der Waals surface area contributed by atoms with E-state index in [-0.39, 0.29) is 0 Å². The average molecular weight is 251 g/mol. The monoisotopic (exact) mass is 251 g/mol. The minimum Gasteiger partial charge on any atom is -0.386 e. The summed E-state index contributed by atoms with van der Waals surface area (Å²) in [5.41, 5.74) is 0.226. The largest absolute Gasteiger partial charge is 0.386 e. The zero-order valence-electron chi connectivity index (χ0n) is 10.8. The van der Waals surface area contributed by atoms with Gasteiger partial charge in [-0.25, -0.2) is 4.98 Å². The summed E-state index contributed by atoms with van der Waals surface area (Å²) in [5, 5.41) is 16.6. The Hall–Kier alpha value is -1.33. The number of aromatic nitrogens is 1. The van der Waals surface area contributed by atoms with Crippen molar-refractivity contribution in [3.8, 4) is 0 Å². The summed E-state index contributed by atoms with van der Waals surface area (Å²) in [4.78, 5) is 4.24. The molecular weight excluding hydrogens is 230 g/mol. The summed E-state index contributed by atoms with van der Waals surface area (Å²) in [6, 6.07) is 3.85. The van der Waals surface area contributed by atoms with Gasteiger partial charge in [0.25, 0.3) is 0 Å². The molecule has 1 fully saturated rings. The molecule has 0 bridgehead atoms. The van der Waals surface area contributed by atoms with Gasteiger partial charge in [0, 0.05) is 44.1 Å². The maximum Gasteiger partial charge on any atom is 0.127 e. The predicted octanol–water partition coefficient (Wildman–Crippen LogP) is 1.47. The number of nitrogens with one attached hydrogen (secondary N) is 2. The first kappa shape index (κ1) is 13.1. The van der Waals surface area contributed by atoms with Crippen molar-refractivity contribution in [2.24, 2.45) is 0 Å². The lowest BCUT2D eigenvalue weighted by molar-refractivity contribution is 0.0382. The molecule has 100 valence electrons. The number of rotatable bonds is 6. The SMILES string of the molecule is CCCNc1cc(NCC2(O)CCOC2)ccn1. The molecule has 0 aromatic carbocycles. The summed E-state index contributed by atoms with van der Waals surface area (Å²) < 4.78 is 5.21. The maximum atomic E-state index is 10.1. The van der Waals surface area contributed by atoms with E-state index in [0.717, 1.165) is 24.5 Å². The first-order chi connectivity index (χ1) is 8.72. The zero-order valence-corrected chi connectivity index (χ0v) is 10.8. The fourth-order valence-corrected chi connectivity index (χ4v) is 1.89. The molecule has 1 aromatic heterocycles. The molecule has 0 amide bonds. The molecule has 18 heavy (non-hydrogen) atoms. The van der Waals surface area contributed by atoms with Gasteiger partial charge >= 0.3 is 0 Å². The molecule has 1 aromatic rings. The van der Waals surface area contributed by atoms with Crippen molar-refractivity contribution in [3.05, 3.63) is 18.3 Å². The Labute approximate surface area is 108 Å². The normalized spacial score (nSPS) is 23.0. The topological polar surface area (TPSA) is 66.4 Å². The van der Waals surface area contributed by atoms with Crippen molar-refractivity contribution in [2.45, 2.75) is 25.4 Å². The van der Waals surface area contributed by atoms with E-state index in [1.54, 1.807) is 6.20 Å². The smallest absolute Gasteiger partial charge is 0.127 e. The van der Waals surface area contributed by atoms with E-state index in [9.17, 15) is 5.11 Å². The van der Waals surface area contributed by atoms with E-state index in [1.807, 2.05) is 12.1 Å². The Morgan fingerprint density at radius 2 is 2.39 bits per heavy atom. The summed E-state index contributed by atoms with van der Waals surface area (Å²) >= 11 is 0. The highest BCUT2D eigenvalue weighted by molar-refractivity contribution is 5.52. The molecule has 0 aliphatic carbocycles. The fraction of sp³-hybridized carbons (Fsp3) is 0.615. The van der Waals surface area contributed by atoms with Crippen molar-refractivity contribution in [1.29, 1.82) is 0 Å². The van der Waals surface area contributed by atoms with Crippen LogP contribution in [0.1, 0.15) is 19.8 Å². The Morgan fingerprint density at radius 1 is 1.50 bits per heavy atom. The summed E-state index contributed by atoms with van der Waals surface area (Å²) in [6.45, 7) is 4.58. The quantitative estimate of drug-likeness (QED) is 0.714. The van der Waals surface area contributed by atoms with Gasteiger partial charge in [0.05, 0.1) is 6.61 Å². The standard InChI is InChI=1S/C13H21N3O2/c1-2-5-14-12-8-11(3-6-15-12)16-9-13(17)4-7-18-10-13/h3,6,8,17H,2,4-5,7,9-10H2,1H3,(H2,14,15,16). The van der Waals surface area contributed by atoms with Crippen LogP contribution in [0.3, 0.4) is 0 Å². The second-order valence-corrected chi connectivity index (χ2v) is 4.74. The van der Waals surface area contributed by atoms with Crippen molar-refractivity contribution in [1.82, 2.24) is 4.98 Å². The van der Waals surface area contributed by atoms with Crippen molar-refractivity contribution < 1.29 is 9.84 Å². The second kappa shape index (κ2) is 6.02. The van der Waals surface area contributed by atoms with E-state index >= 15 is 0 Å². The van der Waals surface area contributed by atoms with Gasteiger partial charge in [-0.15, -0.1) is 0 Å². The number of pyridine rings is 1. The van der Waals surface area contributed by atoms with Crippen LogP contribution >= 0.6 is 0 Å². The third-order valence-electron chi connectivity index (χ3n) is 3.02. The van der Waals surface area contributed by atoms with Crippen LogP contribution < -0.4 is 10.6 Å². The minimum absolute atomic E-state index is 0.409. The van der Waals surface area contributed by atoms with Crippen LogP contribution in [-0.4, -0.2) is 42.0 Å². The van der Waals surface area contributed by atoms with Gasteiger partial charge in [0.2, 0.25) is 0 Å². The van der Waals surface area contributed by atoms with Gasteiger partial charge in [-0.1, -0.05) is 6.92 Å². The summed E-state index contributed by atoms with van der Waals surface area (Å²) in [7, 11) is 0. The van der Waals surface area contributed by atoms with Crippen molar-refractivity contribution in [3.63, 3.8) is 0 Å². The maximum absolute atomic E-state index is 10.1. The third-order valence-corrected chi connectivity index (χ3v) is 3.02. The van der Waals surface area contributed by atoms with E-state index in [2.05, 4.69) is 22.5 Å². The van der Waals surface area contributed by atoms with E-state index < -0.39 is 5.60 Å². The van der Waals surface area contributed by atoms with Gasteiger partial charge in [0.1, 0.15) is 11.4 Å². The Bertz CT molecular complexity index is 378. The number of aliphatic hydroxyl groups is 1. The molecular formula is C13H21N3O2. The molecule has 3 N–H and O–H groups in total. The Morgan fingerprint density at radius 3 is 3.11 bits per heavy atom. The third kappa shape index (κ3) is 3.58. The predicted molar refractivity (Wildman–Crippen MR) is 71.9 cm³/mol. The lowest BCUT2D eigenvalue weighted by atomic mass is 10.0. The first-order valence-corrected chi connectivity index (χ1v) is 6.46. The average Bonchev–Trinajstić information content (AvgIpc) is 2.82. The van der Waals surface area contributed by atoms with Crippen LogP contribution in [0.4, 0.5) is 11.5 Å². The number of anilines is 2. The van der Waals surface area contributed by atoms with Gasteiger partial charge < -0.3 is 20.5 Å². The van der Waals surface area contributed by atoms with Gasteiger partial charge in [-0.05, 0) is 12.5 Å². The molecule has 1 atom stereocenters. The number of hydrogen-bond acceptors (Lipinski definition) is 5. The van der Waals surface area contributed by atoms with Crippen molar-refractivity contribution in [2.75, 3.05) is 36.9 Å². The van der Waals surface area contributed by atoms with Crippen LogP contribution in [0, 0.1) is 0 Å². The number of nitrogens with zero attached hydrogens (tertiary/aromatic N) is 1. The van der Waals surface area contributed by atoms with Gasteiger partial charge in [0.15, 0.2) is 0 Å². The molecule has 0 saturated carbocycles. The first-order valence-electron chi connectivity index (χ1n) is 6.46. The number of ether oxygens (including phenoxy) is 1. The van der Waals surface area contributed by atoms with Crippen LogP contribution in [0.15, 0.2) is 18.3 Å². The fourth-order valence-electron chi connectivity index (χ4n) is 1.89. The minimum atomic E-state index is -0.736. The molecule has 2 rings (SSSR count). The summed E-state index contributed by atoms with van der Waals surface area (Å²) in [6.07, 6.45) is 3.51. The van der Waals surface area contributed by atoms with E-state index in [1.165, 1.54) is 0 Å². The lowest BCUT2D eigenvalue weighted by Gasteiger charge is -2.21. The van der Waals surface area contributed by atoms with Gasteiger partial charge in [-0.3, -0.25) is 0 Å². The second-order valence-electron chi connectivity index (χ2n) is 4.74. The molecule has 1 saturated heterocycles. The Balaban J connectivity index is 1.88. The number of hydrogen-bond donors (Lipinski definition) is 3. The molecule has 1 unspecified atom stereocenters.